The summed E-state index contributed by atoms with van der Waals surface area (Å²) in [7, 11) is 0. The predicted octanol–water partition coefficient (Wildman–Crippen LogP) is 4.35. The second-order valence-corrected chi connectivity index (χ2v) is 6.79. The van der Waals surface area contributed by atoms with Crippen LogP contribution in [0.3, 0.4) is 0 Å². The molecule has 1 aliphatic rings. The summed E-state index contributed by atoms with van der Waals surface area (Å²) in [6.45, 7) is -0.0831. The predicted molar refractivity (Wildman–Crippen MR) is 106 cm³/mol. The lowest BCUT2D eigenvalue weighted by molar-refractivity contribution is -0.0498. The number of benzene rings is 2. The van der Waals surface area contributed by atoms with Crippen molar-refractivity contribution in [2.75, 3.05) is 13.3 Å². The average molecular weight is 417 g/mol. The Kier molecular flexibility index (Phi) is 5.57. The molecule has 0 radical (unpaired) electrons. The number of ether oxygens (including phenoxy) is 3. The van der Waals surface area contributed by atoms with Gasteiger partial charge in [0.2, 0.25) is 11.6 Å². The van der Waals surface area contributed by atoms with Crippen LogP contribution < -0.4 is 19.0 Å². The van der Waals surface area contributed by atoms with E-state index in [4.69, 9.17) is 9.47 Å². The molecule has 0 amide bonds. The Morgan fingerprint density at radius 1 is 1.17 bits per heavy atom. The van der Waals surface area contributed by atoms with Crippen molar-refractivity contribution in [1.29, 1.82) is 0 Å². The molecule has 6 nitrogen and oxygen atoms in total. The van der Waals surface area contributed by atoms with Crippen LogP contribution in [-0.2, 0) is 0 Å². The van der Waals surface area contributed by atoms with E-state index in [0.29, 0.717) is 18.0 Å². The van der Waals surface area contributed by atoms with Gasteiger partial charge in [0.05, 0.1) is 11.9 Å². The van der Waals surface area contributed by atoms with E-state index in [9.17, 15) is 8.78 Å². The smallest absolute Gasteiger partial charge is 0.387 e. The van der Waals surface area contributed by atoms with Gasteiger partial charge in [0.1, 0.15) is 5.75 Å². The fourth-order valence-corrected chi connectivity index (χ4v) is 3.68. The zero-order valence-electron chi connectivity index (χ0n) is 15.4. The number of nitrogens with zero attached hydrogens (tertiary/aromatic N) is 3. The van der Waals surface area contributed by atoms with Crippen LogP contribution in [0.2, 0.25) is 0 Å². The van der Waals surface area contributed by atoms with Crippen molar-refractivity contribution in [3.63, 3.8) is 0 Å². The van der Waals surface area contributed by atoms with Gasteiger partial charge in [0.15, 0.2) is 11.5 Å². The van der Waals surface area contributed by atoms with Crippen molar-refractivity contribution in [3.05, 3.63) is 58.2 Å². The van der Waals surface area contributed by atoms with E-state index in [1.54, 1.807) is 23.0 Å². The molecule has 0 saturated heterocycles. The highest BCUT2D eigenvalue weighted by Crippen LogP contribution is 2.32. The summed E-state index contributed by atoms with van der Waals surface area (Å²) < 4.78 is 41.6. The minimum absolute atomic E-state index is 0.104. The SMILES string of the molecule is CCN=c1scc(-c2ccc(OC(F)F)cc2)n1/N=C\c1ccc2c(c1)OCO2. The van der Waals surface area contributed by atoms with Gasteiger partial charge in [0.25, 0.3) is 0 Å². The van der Waals surface area contributed by atoms with Gasteiger partial charge >= 0.3 is 6.61 Å². The molecular formula is C20H17F2N3O3S. The maximum atomic E-state index is 12.4. The lowest BCUT2D eigenvalue weighted by atomic mass is 10.2. The zero-order chi connectivity index (χ0) is 20.2. The van der Waals surface area contributed by atoms with Crippen molar-refractivity contribution < 1.29 is 23.0 Å². The van der Waals surface area contributed by atoms with Crippen LogP contribution >= 0.6 is 11.3 Å². The molecule has 0 saturated carbocycles. The second kappa shape index (κ2) is 8.44. The third-order valence-corrected chi connectivity index (χ3v) is 4.93. The summed E-state index contributed by atoms with van der Waals surface area (Å²) in [5.74, 6) is 1.49. The zero-order valence-corrected chi connectivity index (χ0v) is 16.2. The second-order valence-electron chi connectivity index (χ2n) is 5.95. The van der Waals surface area contributed by atoms with E-state index in [1.165, 1.54) is 23.5 Å². The molecule has 0 bridgehead atoms. The number of fused-ring (bicyclic) bond motifs is 1. The largest absolute Gasteiger partial charge is 0.454 e. The maximum absolute atomic E-state index is 12.4. The molecule has 150 valence electrons. The van der Waals surface area contributed by atoms with E-state index >= 15 is 0 Å². The van der Waals surface area contributed by atoms with Crippen molar-refractivity contribution in [3.8, 4) is 28.5 Å². The van der Waals surface area contributed by atoms with Gasteiger partial charge in [-0.25, -0.2) is 4.68 Å². The van der Waals surface area contributed by atoms with Crippen LogP contribution in [0.4, 0.5) is 8.78 Å². The number of hydrogen-bond donors (Lipinski definition) is 0. The Balaban J connectivity index is 1.67. The van der Waals surface area contributed by atoms with Gasteiger partial charge in [-0.1, -0.05) is 0 Å². The minimum Gasteiger partial charge on any atom is -0.454 e. The summed E-state index contributed by atoms with van der Waals surface area (Å²) >= 11 is 1.45. The van der Waals surface area contributed by atoms with E-state index in [0.717, 1.165) is 21.6 Å². The van der Waals surface area contributed by atoms with E-state index < -0.39 is 6.61 Å². The number of rotatable bonds is 6. The molecule has 0 N–H and O–H groups in total. The summed E-state index contributed by atoms with van der Waals surface area (Å²) in [5, 5.41) is 6.51. The summed E-state index contributed by atoms with van der Waals surface area (Å²) in [4.78, 5) is 5.21. The van der Waals surface area contributed by atoms with Gasteiger partial charge in [-0.2, -0.15) is 13.9 Å². The Bertz CT molecular complexity index is 1090. The van der Waals surface area contributed by atoms with Gasteiger partial charge < -0.3 is 14.2 Å². The highest BCUT2D eigenvalue weighted by Gasteiger charge is 2.13. The lowest BCUT2D eigenvalue weighted by Gasteiger charge is -2.07. The minimum atomic E-state index is -2.85. The topological polar surface area (TPSA) is 57.3 Å². The fourth-order valence-electron chi connectivity index (χ4n) is 2.78. The molecule has 3 aromatic rings. The van der Waals surface area contributed by atoms with Gasteiger partial charge in [-0.3, -0.25) is 4.99 Å². The molecule has 4 rings (SSSR count). The Morgan fingerprint density at radius 2 is 1.97 bits per heavy atom. The molecule has 2 heterocycles. The Morgan fingerprint density at radius 3 is 2.72 bits per heavy atom. The number of aromatic nitrogens is 1. The van der Waals surface area contributed by atoms with Crippen LogP contribution in [0.5, 0.6) is 17.2 Å². The quantitative estimate of drug-likeness (QED) is 0.561. The van der Waals surface area contributed by atoms with Crippen LogP contribution in [0, 0.1) is 0 Å². The Hall–Kier alpha value is -3.20. The van der Waals surface area contributed by atoms with E-state index in [1.807, 2.05) is 30.5 Å². The molecule has 0 fully saturated rings. The Labute approximate surface area is 169 Å². The number of halogens is 2. The van der Waals surface area contributed by atoms with Crippen molar-refractivity contribution in [2.24, 2.45) is 10.1 Å². The summed E-state index contributed by atoms with van der Waals surface area (Å²) in [6, 6.07) is 12.0. The van der Waals surface area contributed by atoms with Crippen LogP contribution in [0.25, 0.3) is 11.3 Å². The number of thiazole rings is 1. The van der Waals surface area contributed by atoms with Crippen LogP contribution in [0.15, 0.2) is 57.9 Å². The average Bonchev–Trinajstić information content (AvgIpc) is 3.33. The number of alkyl halides is 2. The van der Waals surface area contributed by atoms with Gasteiger partial charge in [0, 0.05) is 17.5 Å². The molecule has 1 aromatic heterocycles. The first-order chi connectivity index (χ1) is 14.1. The first-order valence-corrected chi connectivity index (χ1v) is 9.72. The first-order valence-electron chi connectivity index (χ1n) is 8.84. The molecule has 0 atom stereocenters. The van der Waals surface area contributed by atoms with Crippen molar-refractivity contribution in [2.45, 2.75) is 13.5 Å². The molecule has 0 aliphatic carbocycles. The van der Waals surface area contributed by atoms with Crippen molar-refractivity contribution >= 4 is 17.6 Å². The molecule has 0 spiro atoms. The third kappa shape index (κ3) is 4.29. The van der Waals surface area contributed by atoms with Gasteiger partial charge in [-0.05, 0) is 55.0 Å². The fraction of sp³-hybridized carbons (Fsp3) is 0.200. The molecule has 1 aliphatic heterocycles. The van der Waals surface area contributed by atoms with Crippen LogP contribution in [-0.4, -0.2) is 30.8 Å². The summed E-state index contributed by atoms with van der Waals surface area (Å²) in [5.41, 5.74) is 2.45. The normalized spacial score (nSPS) is 13.6. The third-order valence-electron chi connectivity index (χ3n) is 4.07. The molecule has 2 aromatic carbocycles. The first kappa shape index (κ1) is 19.1. The summed E-state index contributed by atoms with van der Waals surface area (Å²) in [6.07, 6.45) is 1.71. The molecule has 9 heteroatoms. The van der Waals surface area contributed by atoms with Crippen LogP contribution in [0.1, 0.15) is 12.5 Å². The van der Waals surface area contributed by atoms with Gasteiger partial charge in [-0.15, -0.1) is 11.3 Å². The lowest BCUT2D eigenvalue weighted by Crippen LogP contribution is -2.12. The van der Waals surface area contributed by atoms with E-state index in [2.05, 4.69) is 14.8 Å². The maximum Gasteiger partial charge on any atom is 0.387 e. The molecular weight excluding hydrogens is 400 g/mol. The monoisotopic (exact) mass is 417 g/mol. The number of hydrogen-bond acceptors (Lipinski definition) is 6. The van der Waals surface area contributed by atoms with E-state index in [-0.39, 0.29) is 12.5 Å². The molecule has 29 heavy (non-hydrogen) atoms. The highest BCUT2D eigenvalue weighted by atomic mass is 32.1. The standard InChI is InChI=1S/C20H17F2N3O3S/c1-2-23-20-25(24-10-13-3-8-17-18(9-13)27-12-26-17)16(11-29-20)14-4-6-15(7-5-14)28-19(21)22/h3-11,19H,2,12H2,1H3/b23-20?,24-10-. The molecule has 0 unspecified atom stereocenters. The van der Waals surface area contributed by atoms with Crippen molar-refractivity contribution in [1.82, 2.24) is 4.68 Å². The highest BCUT2D eigenvalue weighted by molar-refractivity contribution is 7.07.